The van der Waals surface area contributed by atoms with Gasteiger partial charge in [-0.1, -0.05) is 12.1 Å². The van der Waals surface area contributed by atoms with Gasteiger partial charge < -0.3 is 19.7 Å². The minimum Gasteiger partial charge on any atom is -0.493 e. The summed E-state index contributed by atoms with van der Waals surface area (Å²) in [6.07, 6.45) is 4.43. The number of nitrogens with one attached hydrogen (secondary N) is 1. The lowest BCUT2D eigenvalue weighted by atomic mass is 10.0. The molecule has 158 valence electrons. The van der Waals surface area contributed by atoms with Crippen molar-refractivity contribution >= 4 is 17.9 Å². The van der Waals surface area contributed by atoms with Crippen LogP contribution in [-0.2, 0) is 4.79 Å². The maximum Gasteiger partial charge on any atom is 0.253 e. The summed E-state index contributed by atoms with van der Waals surface area (Å²) in [5.41, 5.74) is 1.29. The van der Waals surface area contributed by atoms with Crippen molar-refractivity contribution in [2.75, 3.05) is 27.3 Å². The minimum atomic E-state index is -0.314. The molecule has 0 aromatic heterocycles. The smallest absolute Gasteiger partial charge is 0.253 e. The summed E-state index contributed by atoms with van der Waals surface area (Å²) in [6, 6.07) is 11.0. The van der Waals surface area contributed by atoms with Crippen molar-refractivity contribution < 1.29 is 23.5 Å². The van der Waals surface area contributed by atoms with E-state index < -0.39 is 0 Å². The maximum atomic E-state index is 12.9. The lowest BCUT2D eigenvalue weighted by molar-refractivity contribution is -0.117. The largest absolute Gasteiger partial charge is 0.493 e. The van der Waals surface area contributed by atoms with Crippen LogP contribution in [0.15, 0.2) is 48.5 Å². The molecule has 1 saturated heterocycles. The molecule has 3 rings (SSSR count). The van der Waals surface area contributed by atoms with Crippen molar-refractivity contribution in [2.24, 2.45) is 0 Å². The Morgan fingerprint density at radius 2 is 1.70 bits per heavy atom. The summed E-state index contributed by atoms with van der Waals surface area (Å²) in [5, 5.41) is 2.96. The first-order chi connectivity index (χ1) is 14.5. The molecule has 30 heavy (non-hydrogen) atoms. The first-order valence-corrected chi connectivity index (χ1v) is 9.75. The zero-order chi connectivity index (χ0) is 21.5. The average Bonchev–Trinajstić information content (AvgIpc) is 2.78. The van der Waals surface area contributed by atoms with Gasteiger partial charge in [0.2, 0.25) is 5.91 Å². The van der Waals surface area contributed by atoms with E-state index in [4.69, 9.17) is 9.47 Å². The Bertz CT molecular complexity index is 919. The topological polar surface area (TPSA) is 67.9 Å². The van der Waals surface area contributed by atoms with Crippen molar-refractivity contribution in [1.29, 1.82) is 0 Å². The predicted molar refractivity (Wildman–Crippen MR) is 112 cm³/mol. The number of halogens is 1. The Morgan fingerprint density at radius 3 is 2.33 bits per heavy atom. The Hall–Kier alpha value is -3.35. The van der Waals surface area contributed by atoms with Crippen LogP contribution in [0.25, 0.3) is 6.08 Å². The molecule has 0 bridgehead atoms. The number of amides is 2. The summed E-state index contributed by atoms with van der Waals surface area (Å²) >= 11 is 0. The molecule has 0 aliphatic carbocycles. The number of likely N-dealkylation sites (tertiary alicyclic amines) is 1. The van der Waals surface area contributed by atoms with Gasteiger partial charge in [0.15, 0.2) is 11.5 Å². The molecule has 1 heterocycles. The number of methoxy groups -OCH3 is 2. The van der Waals surface area contributed by atoms with Crippen molar-refractivity contribution in [3.63, 3.8) is 0 Å². The fourth-order valence-corrected chi connectivity index (χ4v) is 3.37. The first-order valence-electron chi connectivity index (χ1n) is 9.75. The minimum absolute atomic E-state index is 0.00446. The molecule has 2 amide bonds. The number of benzene rings is 2. The van der Waals surface area contributed by atoms with E-state index in [0.29, 0.717) is 43.0 Å². The van der Waals surface area contributed by atoms with Crippen LogP contribution in [0.2, 0.25) is 0 Å². The second-order valence-electron chi connectivity index (χ2n) is 7.03. The molecular weight excluding hydrogens is 387 g/mol. The Balaban J connectivity index is 1.51. The maximum absolute atomic E-state index is 12.9. The second kappa shape index (κ2) is 9.91. The molecule has 1 aliphatic rings. The van der Waals surface area contributed by atoms with Gasteiger partial charge in [0.25, 0.3) is 5.91 Å². The molecule has 6 nitrogen and oxygen atoms in total. The van der Waals surface area contributed by atoms with Gasteiger partial charge in [0, 0.05) is 30.8 Å². The fourth-order valence-electron chi connectivity index (χ4n) is 3.37. The SMILES string of the molecule is COc1ccc(C(=O)N2CCC(NC(=O)/C=C/c3ccc(F)cc3)CC2)cc1OC. The molecule has 1 N–H and O–H groups in total. The van der Waals surface area contributed by atoms with E-state index >= 15 is 0 Å². The number of rotatable bonds is 6. The van der Waals surface area contributed by atoms with Gasteiger partial charge in [-0.2, -0.15) is 0 Å². The lowest BCUT2D eigenvalue weighted by Crippen LogP contribution is -2.46. The first kappa shape index (κ1) is 21.4. The summed E-state index contributed by atoms with van der Waals surface area (Å²) < 4.78 is 23.4. The van der Waals surface area contributed by atoms with Crippen molar-refractivity contribution in [1.82, 2.24) is 10.2 Å². The number of piperidine rings is 1. The third-order valence-corrected chi connectivity index (χ3v) is 5.06. The quantitative estimate of drug-likeness (QED) is 0.740. The lowest BCUT2D eigenvalue weighted by Gasteiger charge is -2.32. The van der Waals surface area contributed by atoms with Gasteiger partial charge in [0.1, 0.15) is 5.82 Å². The Labute approximate surface area is 175 Å². The van der Waals surface area contributed by atoms with E-state index in [9.17, 15) is 14.0 Å². The van der Waals surface area contributed by atoms with E-state index in [1.165, 1.54) is 25.3 Å². The molecule has 0 spiro atoms. The van der Waals surface area contributed by atoms with Crippen LogP contribution in [0.5, 0.6) is 11.5 Å². The highest BCUT2D eigenvalue weighted by Gasteiger charge is 2.25. The molecule has 2 aromatic rings. The highest BCUT2D eigenvalue weighted by Crippen LogP contribution is 2.28. The third kappa shape index (κ3) is 5.37. The molecule has 1 fully saturated rings. The highest BCUT2D eigenvalue weighted by molar-refractivity contribution is 5.95. The molecule has 0 unspecified atom stereocenters. The number of ether oxygens (including phenoxy) is 2. The monoisotopic (exact) mass is 412 g/mol. The zero-order valence-electron chi connectivity index (χ0n) is 17.1. The van der Waals surface area contributed by atoms with Gasteiger partial charge in [0.05, 0.1) is 14.2 Å². The van der Waals surface area contributed by atoms with Crippen LogP contribution in [0.1, 0.15) is 28.8 Å². The molecule has 0 atom stereocenters. The fraction of sp³-hybridized carbons (Fsp3) is 0.304. The van der Waals surface area contributed by atoms with Crippen LogP contribution >= 0.6 is 0 Å². The second-order valence-corrected chi connectivity index (χ2v) is 7.03. The number of carbonyl (C=O) groups is 2. The molecular formula is C23H25FN2O4. The van der Waals surface area contributed by atoms with Crippen LogP contribution < -0.4 is 14.8 Å². The number of nitrogens with zero attached hydrogens (tertiary/aromatic N) is 1. The van der Waals surface area contributed by atoms with Gasteiger partial charge in [-0.25, -0.2) is 4.39 Å². The van der Waals surface area contributed by atoms with Gasteiger partial charge in [-0.05, 0) is 54.8 Å². The molecule has 2 aromatic carbocycles. The summed E-state index contributed by atoms with van der Waals surface area (Å²) in [7, 11) is 3.08. The van der Waals surface area contributed by atoms with E-state index in [-0.39, 0.29) is 23.7 Å². The van der Waals surface area contributed by atoms with E-state index in [0.717, 1.165) is 5.56 Å². The Kier molecular flexibility index (Phi) is 7.06. The molecule has 0 radical (unpaired) electrons. The number of hydrogen-bond donors (Lipinski definition) is 1. The van der Waals surface area contributed by atoms with Crippen LogP contribution in [0.4, 0.5) is 4.39 Å². The molecule has 1 aliphatic heterocycles. The predicted octanol–water partition coefficient (Wildman–Crippen LogP) is 3.28. The van der Waals surface area contributed by atoms with Crippen LogP contribution in [0, 0.1) is 5.82 Å². The molecule has 0 saturated carbocycles. The van der Waals surface area contributed by atoms with Crippen molar-refractivity contribution in [3.8, 4) is 11.5 Å². The number of carbonyl (C=O) groups excluding carboxylic acids is 2. The van der Waals surface area contributed by atoms with Crippen molar-refractivity contribution in [3.05, 3.63) is 65.5 Å². The van der Waals surface area contributed by atoms with E-state index in [1.54, 1.807) is 48.4 Å². The summed E-state index contributed by atoms with van der Waals surface area (Å²) in [6.45, 7) is 1.11. The van der Waals surface area contributed by atoms with E-state index in [1.807, 2.05) is 0 Å². The highest BCUT2D eigenvalue weighted by atomic mass is 19.1. The standard InChI is InChI=1S/C23H25FN2O4/c1-29-20-9-6-17(15-21(20)30-2)23(28)26-13-11-19(12-14-26)25-22(27)10-5-16-3-7-18(24)8-4-16/h3-10,15,19H,11-14H2,1-2H3,(H,25,27)/b10-5+. The normalized spacial score (nSPS) is 14.6. The van der Waals surface area contributed by atoms with Gasteiger partial charge in [-0.3, -0.25) is 9.59 Å². The summed E-state index contributed by atoms with van der Waals surface area (Å²) in [5.74, 6) is 0.495. The Morgan fingerprint density at radius 1 is 1.03 bits per heavy atom. The van der Waals surface area contributed by atoms with Gasteiger partial charge >= 0.3 is 0 Å². The summed E-state index contributed by atoms with van der Waals surface area (Å²) in [4.78, 5) is 26.7. The van der Waals surface area contributed by atoms with Crippen molar-refractivity contribution in [2.45, 2.75) is 18.9 Å². The average molecular weight is 412 g/mol. The van der Waals surface area contributed by atoms with Gasteiger partial charge in [-0.15, -0.1) is 0 Å². The zero-order valence-corrected chi connectivity index (χ0v) is 17.1. The van der Waals surface area contributed by atoms with Crippen LogP contribution in [-0.4, -0.2) is 50.1 Å². The van der Waals surface area contributed by atoms with Crippen LogP contribution in [0.3, 0.4) is 0 Å². The molecule has 7 heteroatoms. The number of hydrogen-bond acceptors (Lipinski definition) is 4. The third-order valence-electron chi connectivity index (χ3n) is 5.06. The van der Waals surface area contributed by atoms with E-state index in [2.05, 4.69) is 5.32 Å².